The highest BCUT2D eigenvalue weighted by Crippen LogP contribution is 2.30. The fourth-order valence-electron chi connectivity index (χ4n) is 2.59. The van der Waals surface area contributed by atoms with E-state index in [1.54, 1.807) is 36.7 Å². The standard InChI is InChI=1S/C17H12FN5/c18-13-4-2-1-3-11(13)14-7-15(23-17(19)22-14)12-8-21-16-9-20-6-5-10(12)16/h1-9,21H,(H2,19,22,23). The third-order valence-corrected chi connectivity index (χ3v) is 3.65. The molecule has 0 radical (unpaired) electrons. The number of H-pyrrole nitrogens is 1. The minimum Gasteiger partial charge on any atom is -0.368 e. The Kier molecular flexibility index (Phi) is 3.01. The molecule has 4 aromatic rings. The minimum absolute atomic E-state index is 0.101. The van der Waals surface area contributed by atoms with Gasteiger partial charge >= 0.3 is 0 Å². The van der Waals surface area contributed by atoms with Crippen LogP contribution in [0.4, 0.5) is 10.3 Å². The largest absolute Gasteiger partial charge is 0.368 e. The number of rotatable bonds is 2. The normalized spacial score (nSPS) is 11.0. The van der Waals surface area contributed by atoms with Crippen molar-refractivity contribution in [2.75, 3.05) is 5.73 Å². The number of nitrogens with two attached hydrogens (primary N) is 1. The number of hydrogen-bond acceptors (Lipinski definition) is 4. The van der Waals surface area contributed by atoms with Crippen molar-refractivity contribution >= 4 is 16.9 Å². The van der Waals surface area contributed by atoms with Gasteiger partial charge in [-0.15, -0.1) is 0 Å². The summed E-state index contributed by atoms with van der Waals surface area (Å²) in [5.41, 5.74) is 9.07. The molecular weight excluding hydrogens is 293 g/mol. The van der Waals surface area contributed by atoms with E-state index >= 15 is 0 Å². The number of anilines is 1. The molecule has 0 bridgehead atoms. The molecule has 0 spiro atoms. The number of nitrogens with one attached hydrogen (secondary N) is 1. The number of nitrogen functional groups attached to an aromatic ring is 1. The van der Waals surface area contributed by atoms with Crippen LogP contribution >= 0.6 is 0 Å². The molecule has 5 nitrogen and oxygen atoms in total. The Hall–Kier alpha value is -3.28. The van der Waals surface area contributed by atoms with Crippen molar-refractivity contribution in [3.63, 3.8) is 0 Å². The molecule has 0 fully saturated rings. The van der Waals surface area contributed by atoms with Gasteiger partial charge in [0.25, 0.3) is 0 Å². The van der Waals surface area contributed by atoms with Gasteiger partial charge in [-0.25, -0.2) is 14.4 Å². The number of fused-ring (bicyclic) bond motifs is 1. The molecule has 4 rings (SSSR count). The van der Waals surface area contributed by atoms with E-state index in [1.165, 1.54) is 6.07 Å². The maximum absolute atomic E-state index is 14.0. The highest BCUT2D eigenvalue weighted by Gasteiger charge is 2.13. The van der Waals surface area contributed by atoms with E-state index in [1.807, 2.05) is 12.3 Å². The molecule has 3 heterocycles. The number of benzene rings is 1. The topological polar surface area (TPSA) is 80.5 Å². The summed E-state index contributed by atoms with van der Waals surface area (Å²) in [5.74, 6) is -0.246. The van der Waals surface area contributed by atoms with Gasteiger partial charge in [0.15, 0.2) is 0 Å². The molecule has 0 atom stereocenters. The van der Waals surface area contributed by atoms with Crippen LogP contribution in [0.1, 0.15) is 0 Å². The molecule has 0 amide bonds. The van der Waals surface area contributed by atoms with Crippen molar-refractivity contribution in [1.29, 1.82) is 0 Å². The Balaban J connectivity index is 1.92. The van der Waals surface area contributed by atoms with Crippen LogP contribution in [0.2, 0.25) is 0 Å². The van der Waals surface area contributed by atoms with Crippen LogP contribution in [-0.2, 0) is 0 Å². The molecule has 0 saturated heterocycles. The zero-order chi connectivity index (χ0) is 15.8. The number of aromatic amines is 1. The lowest BCUT2D eigenvalue weighted by Gasteiger charge is -2.06. The number of pyridine rings is 1. The Morgan fingerprint density at radius 2 is 1.78 bits per heavy atom. The highest BCUT2D eigenvalue weighted by molar-refractivity contribution is 5.94. The predicted octanol–water partition coefficient (Wildman–Crippen LogP) is 3.41. The molecule has 0 aliphatic rings. The van der Waals surface area contributed by atoms with E-state index < -0.39 is 0 Å². The van der Waals surface area contributed by atoms with Crippen LogP contribution in [0, 0.1) is 5.82 Å². The average Bonchev–Trinajstić information content (AvgIpc) is 2.99. The molecule has 23 heavy (non-hydrogen) atoms. The van der Waals surface area contributed by atoms with E-state index in [0.29, 0.717) is 17.0 Å². The second-order valence-electron chi connectivity index (χ2n) is 5.10. The molecule has 0 saturated carbocycles. The molecule has 0 unspecified atom stereocenters. The van der Waals surface area contributed by atoms with E-state index in [2.05, 4.69) is 19.9 Å². The quantitative estimate of drug-likeness (QED) is 0.594. The number of halogens is 1. The van der Waals surface area contributed by atoms with E-state index in [4.69, 9.17) is 5.73 Å². The SMILES string of the molecule is Nc1nc(-c2ccccc2F)cc(-c2c[nH]c3cnccc23)n1. The van der Waals surface area contributed by atoms with Crippen molar-refractivity contribution in [2.24, 2.45) is 0 Å². The molecule has 3 N–H and O–H groups in total. The van der Waals surface area contributed by atoms with Crippen molar-refractivity contribution < 1.29 is 4.39 Å². The van der Waals surface area contributed by atoms with Crippen molar-refractivity contribution in [3.05, 3.63) is 60.8 Å². The van der Waals surface area contributed by atoms with Crippen LogP contribution in [0.15, 0.2) is 55.0 Å². The van der Waals surface area contributed by atoms with Crippen molar-refractivity contribution in [1.82, 2.24) is 19.9 Å². The Morgan fingerprint density at radius 1 is 1.00 bits per heavy atom. The first-order chi connectivity index (χ1) is 11.2. The zero-order valence-electron chi connectivity index (χ0n) is 12.0. The van der Waals surface area contributed by atoms with Gasteiger partial charge in [-0.1, -0.05) is 12.1 Å². The maximum atomic E-state index is 14.0. The summed E-state index contributed by atoms with van der Waals surface area (Å²) < 4.78 is 14.0. The third-order valence-electron chi connectivity index (χ3n) is 3.65. The molecule has 3 aromatic heterocycles. The lowest BCUT2D eigenvalue weighted by atomic mass is 10.1. The van der Waals surface area contributed by atoms with Gasteiger partial charge in [0.1, 0.15) is 5.82 Å². The van der Waals surface area contributed by atoms with Crippen LogP contribution in [0.5, 0.6) is 0 Å². The van der Waals surface area contributed by atoms with Gasteiger partial charge in [0.05, 0.1) is 23.1 Å². The first kappa shape index (κ1) is 13.4. The fourth-order valence-corrected chi connectivity index (χ4v) is 2.59. The van der Waals surface area contributed by atoms with E-state index in [9.17, 15) is 4.39 Å². The zero-order valence-corrected chi connectivity index (χ0v) is 12.0. The first-order valence-corrected chi connectivity index (χ1v) is 7.03. The summed E-state index contributed by atoms with van der Waals surface area (Å²) in [4.78, 5) is 15.7. The second-order valence-corrected chi connectivity index (χ2v) is 5.10. The smallest absolute Gasteiger partial charge is 0.221 e. The summed E-state index contributed by atoms with van der Waals surface area (Å²) in [6.07, 6.45) is 5.28. The summed E-state index contributed by atoms with van der Waals surface area (Å²) in [5, 5.41) is 0.970. The fraction of sp³-hybridized carbons (Fsp3) is 0. The molecule has 1 aromatic carbocycles. The molecule has 112 valence electrons. The number of nitrogens with zero attached hydrogens (tertiary/aromatic N) is 3. The Labute approximate surface area is 131 Å². The summed E-state index contributed by atoms with van der Waals surface area (Å²) in [7, 11) is 0. The molecule has 6 heteroatoms. The van der Waals surface area contributed by atoms with Gasteiger partial charge in [-0.3, -0.25) is 4.98 Å². The molecular formula is C17H12FN5. The first-order valence-electron chi connectivity index (χ1n) is 7.03. The van der Waals surface area contributed by atoms with Gasteiger partial charge < -0.3 is 10.7 Å². The Morgan fingerprint density at radius 3 is 2.61 bits per heavy atom. The predicted molar refractivity (Wildman–Crippen MR) is 86.9 cm³/mol. The summed E-state index contributed by atoms with van der Waals surface area (Å²) >= 11 is 0. The monoisotopic (exact) mass is 305 g/mol. The Bertz CT molecular complexity index is 1010. The van der Waals surface area contributed by atoms with Gasteiger partial charge in [0.2, 0.25) is 5.95 Å². The lowest BCUT2D eigenvalue weighted by Crippen LogP contribution is -1.99. The van der Waals surface area contributed by atoms with E-state index in [-0.39, 0.29) is 11.8 Å². The summed E-state index contributed by atoms with van der Waals surface area (Å²) in [6.45, 7) is 0. The van der Waals surface area contributed by atoms with Gasteiger partial charge in [-0.05, 0) is 24.3 Å². The average molecular weight is 305 g/mol. The highest BCUT2D eigenvalue weighted by atomic mass is 19.1. The van der Waals surface area contributed by atoms with E-state index in [0.717, 1.165) is 16.5 Å². The summed E-state index contributed by atoms with van der Waals surface area (Å²) in [6, 6.07) is 10.1. The van der Waals surface area contributed by atoms with Crippen LogP contribution in [-0.4, -0.2) is 19.9 Å². The number of hydrogen-bond donors (Lipinski definition) is 2. The maximum Gasteiger partial charge on any atom is 0.221 e. The third kappa shape index (κ3) is 2.30. The molecule has 0 aliphatic heterocycles. The second kappa shape index (κ2) is 5.17. The lowest BCUT2D eigenvalue weighted by molar-refractivity contribution is 0.630. The van der Waals surface area contributed by atoms with Crippen molar-refractivity contribution in [3.8, 4) is 22.5 Å². The minimum atomic E-state index is -0.348. The number of aromatic nitrogens is 4. The van der Waals surface area contributed by atoms with Crippen LogP contribution < -0.4 is 5.73 Å². The van der Waals surface area contributed by atoms with Gasteiger partial charge in [-0.2, -0.15) is 0 Å². The van der Waals surface area contributed by atoms with Crippen LogP contribution in [0.25, 0.3) is 33.4 Å². The molecule has 0 aliphatic carbocycles. The van der Waals surface area contributed by atoms with Gasteiger partial charge in [0, 0.05) is 28.9 Å². The van der Waals surface area contributed by atoms with Crippen molar-refractivity contribution in [2.45, 2.75) is 0 Å². The van der Waals surface area contributed by atoms with Crippen LogP contribution in [0.3, 0.4) is 0 Å².